The van der Waals surface area contributed by atoms with Crippen molar-refractivity contribution in [2.75, 3.05) is 0 Å². The van der Waals surface area contributed by atoms with Crippen LogP contribution in [-0.4, -0.2) is 0 Å². The molecule has 0 N–H and O–H groups in total. The highest BCUT2D eigenvalue weighted by Crippen LogP contribution is 2.07. The molecule has 0 aliphatic heterocycles. The fourth-order valence-electron chi connectivity index (χ4n) is 0.518. The standard InChI is InChI=1S/C6H12F/c1-3-4-6(2)5-7/h5-6H,3-4H2,1-2H3. The molecule has 1 radical (unpaired) electrons. The smallest absolute Gasteiger partial charge is 0.134 e. The van der Waals surface area contributed by atoms with E-state index in [2.05, 4.69) is 6.92 Å². The first-order chi connectivity index (χ1) is 3.31. The lowest BCUT2D eigenvalue weighted by Gasteiger charge is -1.99. The molecule has 43 valence electrons. The Bertz CT molecular complexity index is 35.2. The highest BCUT2D eigenvalue weighted by molar-refractivity contribution is 4.57. The molecule has 0 fully saturated rings. The molecule has 0 saturated heterocycles. The zero-order valence-electron chi connectivity index (χ0n) is 4.95. The van der Waals surface area contributed by atoms with Crippen LogP contribution in [0.3, 0.4) is 0 Å². The molecule has 0 aliphatic carbocycles. The molecule has 0 aromatic carbocycles. The van der Waals surface area contributed by atoms with Crippen molar-refractivity contribution in [1.29, 1.82) is 0 Å². The number of halogens is 1. The van der Waals surface area contributed by atoms with Gasteiger partial charge in [-0.25, -0.2) is 4.39 Å². The minimum absolute atomic E-state index is 0.157. The van der Waals surface area contributed by atoms with Gasteiger partial charge in [-0.05, 0) is 12.3 Å². The van der Waals surface area contributed by atoms with Crippen molar-refractivity contribution in [2.45, 2.75) is 26.7 Å². The van der Waals surface area contributed by atoms with Crippen molar-refractivity contribution in [3.05, 3.63) is 6.67 Å². The van der Waals surface area contributed by atoms with Gasteiger partial charge in [-0.15, -0.1) is 0 Å². The summed E-state index contributed by atoms with van der Waals surface area (Å²) in [7, 11) is 0. The van der Waals surface area contributed by atoms with E-state index in [9.17, 15) is 4.39 Å². The SMILES string of the molecule is CCCC(C)[CH]F. The molecule has 0 amide bonds. The summed E-state index contributed by atoms with van der Waals surface area (Å²) in [6, 6.07) is 0. The molecule has 0 aromatic heterocycles. The molecule has 1 heteroatoms. The largest absolute Gasteiger partial charge is 0.244 e. The lowest BCUT2D eigenvalue weighted by molar-refractivity contribution is 0.452. The Labute approximate surface area is 44.7 Å². The predicted molar refractivity (Wildman–Crippen MR) is 29.5 cm³/mol. The fraction of sp³-hybridized carbons (Fsp3) is 0.833. The van der Waals surface area contributed by atoms with Gasteiger partial charge in [0.25, 0.3) is 0 Å². The Balaban J connectivity index is 2.83. The second kappa shape index (κ2) is 4.10. The maximum Gasteiger partial charge on any atom is 0.134 e. The van der Waals surface area contributed by atoms with Crippen LogP contribution < -0.4 is 0 Å². The fourth-order valence-corrected chi connectivity index (χ4v) is 0.518. The topological polar surface area (TPSA) is 0 Å². The second-order valence-electron chi connectivity index (χ2n) is 1.89. The molecule has 0 spiro atoms. The molecule has 1 atom stereocenters. The van der Waals surface area contributed by atoms with Gasteiger partial charge in [0, 0.05) is 0 Å². The second-order valence-corrected chi connectivity index (χ2v) is 1.89. The molecule has 7 heavy (non-hydrogen) atoms. The van der Waals surface area contributed by atoms with Crippen molar-refractivity contribution < 1.29 is 4.39 Å². The van der Waals surface area contributed by atoms with Crippen LogP contribution in [0.1, 0.15) is 26.7 Å². The van der Waals surface area contributed by atoms with Gasteiger partial charge in [0.2, 0.25) is 0 Å². The van der Waals surface area contributed by atoms with Crippen molar-refractivity contribution in [3.8, 4) is 0 Å². The van der Waals surface area contributed by atoms with Crippen LogP contribution in [0.15, 0.2) is 0 Å². The Morgan fingerprint density at radius 3 is 2.43 bits per heavy atom. The lowest BCUT2D eigenvalue weighted by atomic mass is 10.1. The van der Waals surface area contributed by atoms with Crippen molar-refractivity contribution in [3.63, 3.8) is 0 Å². The average Bonchev–Trinajstić information content (AvgIpc) is 1.68. The predicted octanol–water partition coefficient (Wildman–Crippen LogP) is 2.55. The molecule has 0 aromatic rings. The summed E-state index contributed by atoms with van der Waals surface area (Å²) in [4.78, 5) is 0. The summed E-state index contributed by atoms with van der Waals surface area (Å²) in [6.07, 6.45) is 2.04. The van der Waals surface area contributed by atoms with E-state index in [-0.39, 0.29) is 5.92 Å². The average molecular weight is 103 g/mol. The molecule has 1 unspecified atom stereocenters. The Morgan fingerprint density at radius 2 is 2.29 bits per heavy atom. The van der Waals surface area contributed by atoms with Crippen LogP contribution in [-0.2, 0) is 0 Å². The van der Waals surface area contributed by atoms with E-state index >= 15 is 0 Å². The van der Waals surface area contributed by atoms with E-state index in [4.69, 9.17) is 0 Å². The first-order valence-corrected chi connectivity index (χ1v) is 2.74. The third-order valence-electron chi connectivity index (χ3n) is 0.959. The van der Waals surface area contributed by atoms with E-state index in [0.717, 1.165) is 19.5 Å². The number of hydrogen-bond donors (Lipinski definition) is 0. The maximum absolute atomic E-state index is 11.4. The molecule has 0 bridgehead atoms. The van der Waals surface area contributed by atoms with Gasteiger partial charge in [0.15, 0.2) is 0 Å². The van der Waals surface area contributed by atoms with Gasteiger partial charge >= 0.3 is 0 Å². The van der Waals surface area contributed by atoms with Crippen LogP contribution in [0.5, 0.6) is 0 Å². The van der Waals surface area contributed by atoms with Crippen LogP contribution in [0.2, 0.25) is 0 Å². The van der Waals surface area contributed by atoms with E-state index in [1.165, 1.54) is 0 Å². The maximum atomic E-state index is 11.4. The van der Waals surface area contributed by atoms with Gasteiger partial charge in [0.05, 0.1) is 0 Å². The van der Waals surface area contributed by atoms with Gasteiger partial charge in [-0.1, -0.05) is 20.3 Å². The highest BCUT2D eigenvalue weighted by Gasteiger charge is 1.96. The molecule has 0 aliphatic rings. The molecular formula is C6H12F. The van der Waals surface area contributed by atoms with Gasteiger partial charge in [-0.3, -0.25) is 0 Å². The Hall–Kier alpha value is -0.0700. The molecule has 0 rings (SSSR count). The van der Waals surface area contributed by atoms with E-state index in [1.807, 2.05) is 6.92 Å². The molecule has 0 saturated carbocycles. The van der Waals surface area contributed by atoms with Crippen molar-refractivity contribution in [1.82, 2.24) is 0 Å². The lowest BCUT2D eigenvalue weighted by Crippen LogP contribution is -1.88. The third kappa shape index (κ3) is 3.77. The van der Waals surface area contributed by atoms with Gasteiger partial charge in [-0.2, -0.15) is 0 Å². The van der Waals surface area contributed by atoms with Crippen molar-refractivity contribution in [2.24, 2.45) is 5.92 Å². The van der Waals surface area contributed by atoms with Crippen LogP contribution in [0.25, 0.3) is 0 Å². The first-order valence-electron chi connectivity index (χ1n) is 2.74. The zero-order chi connectivity index (χ0) is 5.70. The number of hydrogen-bond acceptors (Lipinski definition) is 0. The summed E-state index contributed by atoms with van der Waals surface area (Å²) in [5.74, 6) is 0.157. The van der Waals surface area contributed by atoms with Crippen LogP contribution in [0, 0.1) is 12.6 Å². The van der Waals surface area contributed by atoms with Crippen LogP contribution >= 0.6 is 0 Å². The zero-order valence-corrected chi connectivity index (χ0v) is 4.95. The van der Waals surface area contributed by atoms with E-state index in [0.29, 0.717) is 0 Å². The van der Waals surface area contributed by atoms with Gasteiger partial charge < -0.3 is 0 Å². The van der Waals surface area contributed by atoms with E-state index in [1.54, 1.807) is 0 Å². The summed E-state index contributed by atoms with van der Waals surface area (Å²) in [5.41, 5.74) is 0. The summed E-state index contributed by atoms with van der Waals surface area (Å²) in [6.45, 7) is 4.69. The summed E-state index contributed by atoms with van der Waals surface area (Å²) >= 11 is 0. The molecule has 0 heterocycles. The quantitative estimate of drug-likeness (QED) is 0.515. The minimum atomic E-state index is 0.157. The van der Waals surface area contributed by atoms with Crippen molar-refractivity contribution >= 4 is 0 Å². The highest BCUT2D eigenvalue weighted by atomic mass is 19.1. The first kappa shape index (κ1) is 6.93. The Morgan fingerprint density at radius 1 is 1.71 bits per heavy atom. The Kier molecular flexibility index (Phi) is 4.06. The third-order valence-corrected chi connectivity index (χ3v) is 0.959. The van der Waals surface area contributed by atoms with Gasteiger partial charge in [0.1, 0.15) is 6.67 Å². The summed E-state index contributed by atoms with van der Waals surface area (Å²) < 4.78 is 11.4. The van der Waals surface area contributed by atoms with E-state index < -0.39 is 0 Å². The molecular weight excluding hydrogens is 91.1 g/mol. The van der Waals surface area contributed by atoms with Crippen LogP contribution in [0.4, 0.5) is 4.39 Å². The monoisotopic (exact) mass is 103 g/mol. The molecule has 0 nitrogen and oxygen atoms in total. The minimum Gasteiger partial charge on any atom is -0.244 e. The summed E-state index contributed by atoms with van der Waals surface area (Å²) in [5, 5.41) is 0. The normalized spacial score (nSPS) is 14.1. The number of rotatable bonds is 3.